The first-order valence-corrected chi connectivity index (χ1v) is 9.97. The van der Waals surface area contributed by atoms with E-state index in [9.17, 15) is 9.90 Å². The molecule has 3 heterocycles. The number of carbonyl (C=O) groups excluding carboxylic acids is 1. The summed E-state index contributed by atoms with van der Waals surface area (Å²) < 4.78 is 8.59. The van der Waals surface area contributed by atoms with Crippen molar-refractivity contribution in [3.8, 4) is 17.0 Å². The number of aromatic nitrogens is 5. The molecular weight excluding hydrogens is 420 g/mol. The van der Waals surface area contributed by atoms with E-state index < -0.39 is 6.10 Å². The van der Waals surface area contributed by atoms with Crippen LogP contribution in [0.4, 0.5) is 5.69 Å². The van der Waals surface area contributed by atoms with Crippen molar-refractivity contribution in [2.24, 2.45) is 0 Å². The maximum absolute atomic E-state index is 13.1. The third-order valence-electron chi connectivity index (χ3n) is 5.04. The molecule has 0 fully saturated rings. The van der Waals surface area contributed by atoms with Crippen molar-refractivity contribution in [2.45, 2.75) is 26.0 Å². The van der Waals surface area contributed by atoms with Gasteiger partial charge in [-0.3, -0.25) is 9.48 Å². The van der Waals surface area contributed by atoms with Crippen LogP contribution >= 0.6 is 11.6 Å². The number of nitrogens with zero attached hydrogens (tertiary/aromatic N) is 5. The average Bonchev–Trinajstić information content (AvgIpc) is 3.37. The minimum Gasteiger partial charge on any atom is -0.496 e. The Labute approximate surface area is 183 Å². The van der Waals surface area contributed by atoms with Gasteiger partial charge < -0.3 is 15.2 Å². The molecule has 3 aromatic heterocycles. The maximum Gasteiger partial charge on any atom is 0.261 e. The lowest BCUT2D eigenvalue weighted by molar-refractivity contribution is 0.102. The van der Waals surface area contributed by atoms with Gasteiger partial charge in [0, 0.05) is 29.2 Å². The summed E-state index contributed by atoms with van der Waals surface area (Å²) >= 11 is 6.21. The number of amides is 1. The predicted octanol–water partition coefficient (Wildman–Crippen LogP) is 3.45. The molecule has 0 spiro atoms. The molecule has 0 bridgehead atoms. The van der Waals surface area contributed by atoms with Crippen LogP contribution in [0.25, 0.3) is 16.9 Å². The van der Waals surface area contributed by atoms with Crippen molar-refractivity contribution in [1.82, 2.24) is 24.4 Å². The Hall–Kier alpha value is -3.43. The number of nitrogens with one attached hydrogen (secondary N) is 1. The van der Waals surface area contributed by atoms with E-state index in [0.717, 1.165) is 0 Å². The van der Waals surface area contributed by atoms with Gasteiger partial charge in [-0.15, -0.1) is 0 Å². The van der Waals surface area contributed by atoms with Gasteiger partial charge in [-0.2, -0.15) is 10.2 Å². The van der Waals surface area contributed by atoms with Crippen LogP contribution in [-0.2, 0) is 0 Å². The summed E-state index contributed by atoms with van der Waals surface area (Å²) in [6, 6.07) is 6.56. The molecule has 0 saturated carbocycles. The maximum atomic E-state index is 13.1. The van der Waals surface area contributed by atoms with E-state index in [2.05, 4.69) is 20.5 Å². The Morgan fingerprint density at radius 2 is 2.13 bits per heavy atom. The highest BCUT2D eigenvalue weighted by molar-refractivity contribution is 6.31. The molecule has 0 radical (unpaired) electrons. The fraction of sp³-hybridized carbons (Fsp3) is 0.238. The van der Waals surface area contributed by atoms with Crippen molar-refractivity contribution in [2.75, 3.05) is 12.4 Å². The van der Waals surface area contributed by atoms with Crippen LogP contribution < -0.4 is 10.1 Å². The Balaban J connectivity index is 1.79. The summed E-state index contributed by atoms with van der Waals surface area (Å²) in [5, 5.41) is 22.2. The number of benzene rings is 1. The molecule has 4 rings (SSSR count). The van der Waals surface area contributed by atoms with Crippen molar-refractivity contribution >= 4 is 28.8 Å². The van der Waals surface area contributed by atoms with E-state index in [1.54, 1.807) is 61.6 Å². The van der Waals surface area contributed by atoms with Crippen molar-refractivity contribution in [3.05, 3.63) is 59.6 Å². The molecule has 10 heteroatoms. The largest absolute Gasteiger partial charge is 0.496 e. The molecule has 1 amide bonds. The van der Waals surface area contributed by atoms with Gasteiger partial charge in [0.2, 0.25) is 0 Å². The molecule has 160 valence electrons. The second-order valence-electron chi connectivity index (χ2n) is 7.10. The highest BCUT2D eigenvalue weighted by Gasteiger charge is 2.23. The van der Waals surface area contributed by atoms with E-state index in [1.807, 2.05) is 6.92 Å². The number of aliphatic hydroxyl groups excluding tert-OH is 1. The first-order valence-electron chi connectivity index (χ1n) is 9.60. The summed E-state index contributed by atoms with van der Waals surface area (Å²) in [6.45, 7) is 3.51. The van der Waals surface area contributed by atoms with Gasteiger partial charge in [0.25, 0.3) is 5.91 Å². The van der Waals surface area contributed by atoms with Gasteiger partial charge in [-0.25, -0.2) is 9.50 Å². The van der Waals surface area contributed by atoms with Crippen LogP contribution in [0.2, 0.25) is 5.02 Å². The first-order chi connectivity index (χ1) is 14.9. The SMILES string of the molecule is COc1ccc(Cl)cc1-c1nn([C@@H](C)[C@H](C)O)cc1NC(=O)c1cnn2cccnc12. The first kappa shape index (κ1) is 20.8. The quantitative estimate of drug-likeness (QED) is 0.475. The standard InChI is InChI=1S/C21H21ClN6O3/c1-12(13(2)29)28-11-17(19(26-28)15-9-14(22)5-6-18(15)31-3)25-21(30)16-10-24-27-8-4-7-23-20(16)27/h4-13,29H,1-3H3,(H,25,30)/t12-,13-/m0/s1. The monoisotopic (exact) mass is 440 g/mol. The molecule has 1 aromatic carbocycles. The minimum atomic E-state index is -0.652. The lowest BCUT2D eigenvalue weighted by atomic mass is 10.1. The molecule has 0 saturated heterocycles. The number of fused-ring (bicyclic) bond motifs is 1. The zero-order valence-electron chi connectivity index (χ0n) is 17.2. The summed E-state index contributed by atoms with van der Waals surface area (Å²) in [5.41, 5.74) is 2.27. The Morgan fingerprint density at radius 1 is 1.32 bits per heavy atom. The van der Waals surface area contributed by atoms with Crippen LogP contribution in [0.15, 0.2) is 49.1 Å². The van der Waals surface area contributed by atoms with Crippen molar-refractivity contribution < 1.29 is 14.6 Å². The van der Waals surface area contributed by atoms with Gasteiger partial charge in [-0.1, -0.05) is 11.6 Å². The van der Waals surface area contributed by atoms with Gasteiger partial charge in [-0.05, 0) is 38.1 Å². The van der Waals surface area contributed by atoms with E-state index in [-0.39, 0.29) is 11.9 Å². The van der Waals surface area contributed by atoms with Crippen LogP contribution in [0.5, 0.6) is 5.75 Å². The molecule has 9 nitrogen and oxygen atoms in total. The number of rotatable bonds is 6. The zero-order chi connectivity index (χ0) is 22.1. The number of carbonyl (C=O) groups is 1. The number of methoxy groups -OCH3 is 1. The highest BCUT2D eigenvalue weighted by atomic mass is 35.5. The third kappa shape index (κ3) is 3.97. The van der Waals surface area contributed by atoms with E-state index >= 15 is 0 Å². The number of hydrogen-bond acceptors (Lipinski definition) is 6. The summed E-state index contributed by atoms with van der Waals surface area (Å²) in [5.74, 6) is 0.160. The molecule has 2 N–H and O–H groups in total. The molecule has 31 heavy (non-hydrogen) atoms. The number of ether oxygens (including phenoxy) is 1. The zero-order valence-corrected chi connectivity index (χ0v) is 17.9. The molecule has 0 aliphatic heterocycles. The molecule has 0 aliphatic rings. The second kappa shape index (κ2) is 8.37. The Morgan fingerprint density at radius 3 is 2.87 bits per heavy atom. The van der Waals surface area contributed by atoms with Gasteiger partial charge in [0.15, 0.2) is 5.65 Å². The molecule has 0 aliphatic carbocycles. The van der Waals surface area contributed by atoms with E-state index in [1.165, 1.54) is 10.7 Å². The third-order valence-corrected chi connectivity index (χ3v) is 5.27. The predicted molar refractivity (Wildman–Crippen MR) is 117 cm³/mol. The van der Waals surface area contributed by atoms with Crippen LogP contribution in [-0.4, -0.2) is 48.6 Å². The molecular formula is C21H21ClN6O3. The van der Waals surface area contributed by atoms with Gasteiger partial charge in [0.1, 0.15) is 17.0 Å². The number of aliphatic hydroxyl groups is 1. The van der Waals surface area contributed by atoms with Gasteiger partial charge >= 0.3 is 0 Å². The van der Waals surface area contributed by atoms with Crippen LogP contribution in [0.1, 0.15) is 30.2 Å². The smallest absolute Gasteiger partial charge is 0.261 e. The van der Waals surface area contributed by atoms with Crippen molar-refractivity contribution in [3.63, 3.8) is 0 Å². The van der Waals surface area contributed by atoms with E-state index in [0.29, 0.717) is 38.9 Å². The average molecular weight is 441 g/mol. The Kier molecular flexibility index (Phi) is 5.62. The lowest BCUT2D eigenvalue weighted by Crippen LogP contribution is -2.18. The van der Waals surface area contributed by atoms with Crippen molar-refractivity contribution in [1.29, 1.82) is 0 Å². The Bertz CT molecular complexity index is 1250. The molecule has 4 aromatic rings. The van der Waals surface area contributed by atoms with Crippen LogP contribution in [0.3, 0.4) is 0 Å². The fourth-order valence-electron chi connectivity index (χ4n) is 3.15. The highest BCUT2D eigenvalue weighted by Crippen LogP contribution is 2.37. The topological polar surface area (TPSA) is 107 Å². The number of halogens is 1. The fourth-order valence-corrected chi connectivity index (χ4v) is 3.33. The normalized spacial score (nSPS) is 13.2. The number of hydrogen-bond donors (Lipinski definition) is 2. The minimum absolute atomic E-state index is 0.320. The second-order valence-corrected chi connectivity index (χ2v) is 7.53. The van der Waals surface area contributed by atoms with E-state index in [4.69, 9.17) is 16.3 Å². The molecule has 2 atom stereocenters. The molecule has 0 unspecified atom stereocenters. The summed E-state index contributed by atoms with van der Waals surface area (Å²) in [6.07, 6.45) is 5.79. The number of anilines is 1. The van der Waals surface area contributed by atoms with Crippen LogP contribution in [0, 0.1) is 0 Å². The lowest BCUT2D eigenvalue weighted by Gasteiger charge is -2.14. The summed E-state index contributed by atoms with van der Waals surface area (Å²) in [4.78, 5) is 17.3. The van der Waals surface area contributed by atoms with Gasteiger partial charge in [0.05, 0.1) is 31.1 Å². The summed E-state index contributed by atoms with van der Waals surface area (Å²) in [7, 11) is 1.55.